The molecule has 1 aromatic heterocycles. The summed E-state index contributed by atoms with van der Waals surface area (Å²) in [5.74, 6) is 0.0279. The van der Waals surface area contributed by atoms with Gasteiger partial charge in [0.2, 0.25) is 0 Å². The number of ether oxygens (including phenoxy) is 1. The molecule has 1 aliphatic carbocycles. The number of amides is 1. The molecule has 4 aromatic carbocycles. The minimum Gasteiger partial charge on any atom is -0.448 e. The van der Waals surface area contributed by atoms with Crippen LogP contribution in [0, 0.1) is 0 Å². The van der Waals surface area contributed by atoms with E-state index < -0.39 is 6.09 Å². The molecule has 5 nitrogen and oxygen atoms in total. The Balaban J connectivity index is 1.16. The third-order valence-corrected chi connectivity index (χ3v) is 6.92. The first-order chi connectivity index (χ1) is 17.7. The molecule has 1 aliphatic rings. The molecule has 36 heavy (non-hydrogen) atoms. The van der Waals surface area contributed by atoms with Crippen molar-refractivity contribution in [3.05, 3.63) is 126 Å². The predicted octanol–water partition coefficient (Wildman–Crippen LogP) is 6.54. The van der Waals surface area contributed by atoms with Crippen LogP contribution < -0.4 is 5.32 Å². The van der Waals surface area contributed by atoms with Gasteiger partial charge in [0.05, 0.1) is 12.1 Å². The number of nitrogens with one attached hydrogen (secondary N) is 1. The Hall–Kier alpha value is -4.35. The summed E-state index contributed by atoms with van der Waals surface area (Å²) in [6, 6.07) is 32.5. The molecule has 178 valence electrons. The van der Waals surface area contributed by atoms with Crippen molar-refractivity contribution >= 4 is 22.7 Å². The summed E-state index contributed by atoms with van der Waals surface area (Å²) in [6.45, 7) is 1.02. The fourth-order valence-electron chi connectivity index (χ4n) is 5.10. The SMILES string of the molecule is O=C(Nc1ccc2ccn(Cc3ccc(CO)cc3)c2c1)OCC1c2ccccc2-c2ccccc21. The van der Waals surface area contributed by atoms with Crippen molar-refractivity contribution in [1.29, 1.82) is 0 Å². The molecule has 1 amide bonds. The van der Waals surface area contributed by atoms with E-state index in [0.29, 0.717) is 12.2 Å². The van der Waals surface area contributed by atoms with Crippen LogP contribution in [0.25, 0.3) is 22.0 Å². The Labute approximate surface area is 209 Å². The standard InChI is InChI=1S/C31H26N2O3/c34-19-22-11-9-21(10-12-22)18-33-16-15-23-13-14-24(17-30(23)33)32-31(35)36-20-29-27-7-3-1-5-25(27)26-6-2-4-8-28(26)29/h1-17,29,34H,18-20H2,(H,32,35). The number of aromatic nitrogens is 1. The first-order valence-electron chi connectivity index (χ1n) is 12.1. The van der Waals surface area contributed by atoms with Crippen LogP contribution in [0.3, 0.4) is 0 Å². The lowest BCUT2D eigenvalue weighted by Gasteiger charge is -2.15. The Morgan fingerprint density at radius 2 is 1.50 bits per heavy atom. The van der Waals surface area contributed by atoms with Gasteiger partial charge >= 0.3 is 6.09 Å². The molecule has 5 aromatic rings. The first kappa shape index (κ1) is 22.1. The van der Waals surface area contributed by atoms with Gasteiger partial charge in [0.1, 0.15) is 6.61 Å². The van der Waals surface area contributed by atoms with Crippen LogP contribution in [0.5, 0.6) is 0 Å². The van der Waals surface area contributed by atoms with Crippen LogP contribution in [0.4, 0.5) is 10.5 Å². The number of anilines is 1. The van der Waals surface area contributed by atoms with Crippen molar-refractivity contribution in [3.8, 4) is 11.1 Å². The van der Waals surface area contributed by atoms with Crippen molar-refractivity contribution in [3.63, 3.8) is 0 Å². The third-order valence-electron chi connectivity index (χ3n) is 6.92. The molecule has 0 bridgehead atoms. The molecule has 2 N–H and O–H groups in total. The molecule has 0 atom stereocenters. The summed E-state index contributed by atoms with van der Waals surface area (Å²) in [6.07, 6.45) is 1.58. The molecule has 6 rings (SSSR count). The number of carbonyl (C=O) groups excluding carboxylic acids is 1. The Bertz CT molecular complexity index is 1510. The van der Waals surface area contributed by atoms with Crippen molar-refractivity contribution in [1.82, 2.24) is 4.57 Å². The lowest BCUT2D eigenvalue weighted by molar-refractivity contribution is 0.158. The fourth-order valence-corrected chi connectivity index (χ4v) is 5.10. The topological polar surface area (TPSA) is 63.5 Å². The first-order valence-corrected chi connectivity index (χ1v) is 12.1. The van der Waals surface area contributed by atoms with Crippen LogP contribution in [-0.2, 0) is 17.9 Å². The van der Waals surface area contributed by atoms with Crippen LogP contribution in [0.15, 0.2) is 103 Å². The van der Waals surface area contributed by atoms with Crippen molar-refractivity contribution < 1.29 is 14.6 Å². The molecule has 0 saturated carbocycles. The predicted molar refractivity (Wildman–Crippen MR) is 142 cm³/mol. The number of carbonyl (C=O) groups is 1. The van der Waals surface area contributed by atoms with Gasteiger partial charge in [0.15, 0.2) is 0 Å². The molecular formula is C31H26N2O3. The highest BCUT2D eigenvalue weighted by Gasteiger charge is 2.29. The van der Waals surface area contributed by atoms with E-state index in [4.69, 9.17) is 4.74 Å². The number of aliphatic hydroxyl groups excluding tert-OH is 1. The highest BCUT2D eigenvalue weighted by atomic mass is 16.5. The van der Waals surface area contributed by atoms with E-state index in [1.807, 2.05) is 72.9 Å². The summed E-state index contributed by atoms with van der Waals surface area (Å²) in [5.41, 5.74) is 8.55. The van der Waals surface area contributed by atoms with Crippen molar-refractivity contribution in [2.45, 2.75) is 19.1 Å². The second kappa shape index (κ2) is 9.36. The van der Waals surface area contributed by atoms with E-state index in [1.54, 1.807) is 0 Å². The summed E-state index contributed by atoms with van der Waals surface area (Å²) in [7, 11) is 0. The lowest BCUT2D eigenvalue weighted by Crippen LogP contribution is -2.17. The second-order valence-electron chi connectivity index (χ2n) is 9.14. The van der Waals surface area contributed by atoms with Gasteiger partial charge in [-0.3, -0.25) is 5.32 Å². The second-order valence-corrected chi connectivity index (χ2v) is 9.14. The molecule has 0 aliphatic heterocycles. The van der Waals surface area contributed by atoms with E-state index in [0.717, 1.165) is 22.0 Å². The highest BCUT2D eigenvalue weighted by molar-refractivity contribution is 5.90. The lowest BCUT2D eigenvalue weighted by atomic mass is 9.98. The van der Waals surface area contributed by atoms with Gasteiger partial charge in [0, 0.05) is 24.3 Å². The molecule has 5 heteroatoms. The van der Waals surface area contributed by atoms with E-state index in [2.05, 4.69) is 40.2 Å². The normalized spacial score (nSPS) is 12.4. The van der Waals surface area contributed by atoms with Gasteiger partial charge < -0.3 is 14.4 Å². The van der Waals surface area contributed by atoms with E-state index in [1.165, 1.54) is 22.3 Å². The molecule has 1 heterocycles. The smallest absolute Gasteiger partial charge is 0.411 e. The maximum atomic E-state index is 12.7. The van der Waals surface area contributed by atoms with Crippen LogP contribution in [0.2, 0.25) is 0 Å². The van der Waals surface area contributed by atoms with Crippen LogP contribution >= 0.6 is 0 Å². The number of fused-ring (bicyclic) bond motifs is 4. The molecule has 0 radical (unpaired) electrons. The van der Waals surface area contributed by atoms with E-state index >= 15 is 0 Å². The quantitative estimate of drug-likeness (QED) is 0.294. The fraction of sp³-hybridized carbons (Fsp3) is 0.129. The number of benzene rings is 4. The molecule has 0 fully saturated rings. The third kappa shape index (κ3) is 4.14. The van der Waals surface area contributed by atoms with Crippen molar-refractivity contribution in [2.24, 2.45) is 0 Å². The average Bonchev–Trinajstić information content (AvgIpc) is 3.46. The molecule has 0 spiro atoms. The number of hydrogen-bond acceptors (Lipinski definition) is 3. The average molecular weight is 475 g/mol. The Morgan fingerprint density at radius 3 is 2.19 bits per heavy atom. The van der Waals surface area contributed by atoms with Gasteiger partial charge in [-0.2, -0.15) is 0 Å². The minimum absolute atomic E-state index is 0.0279. The largest absolute Gasteiger partial charge is 0.448 e. The number of nitrogens with zero attached hydrogens (tertiary/aromatic N) is 1. The van der Waals surface area contributed by atoms with Gasteiger partial charge in [-0.15, -0.1) is 0 Å². The highest BCUT2D eigenvalue weighted by Crippen LogP contribution is 2.44. The van der Waals surface area contributed by atoms with Crippen LogP contribution in [0.1, 0.15) is 28.2 Å². The summed E-state index contributed by atoms with van der Waals surface area (Å²) in [4.78, 5) is 12.7. The van der Waals surface area contributed by atoms with Crippen LogP contribution in [-0.4, -0.2) is 22.4 Å². The molecular weight excluding hydrogens is 448 g/mol. The van der Waals surface area contributed by atoms with Gasteiger partial charge in [-0.25, -0.2) is 4.79 Å². The van der Waals surface area contributed by atoms with Gasteiger partial charge in [-0.1, -0.05) is 78.9 Å². The molecule has 0 saturated heterocycles. The number of hydrogen-bond donors (Lipinski definition) is 2. The Kier molecular flexibility index (Phi) is 5.76. The molecule has 0 unspecified atom stereocenters. The zero-order valence-corrected chi connectivity index (χ0v) is 19.7. The summed E-state index contributed by atoms with van der Waals surface area (Å²) >= 11 is 0. The zero-order valence-electron chi connectivity index (χ0n) is 19.7. The maximum Gasteiger partial charge on any atom is 0.411 e. The van der Waals surface area contributed by atoms with Gasteiger partial charge in [-0.05, 0) is 57.0 Å². The number of rotatable bonds is 6. The maximum absolute atomic E-state index is 12.7. The monoisotopic (exact) mass is 474 g/mol. The van der Waals surface area contributed by atoms with E-state index in [9.17, 15) is 9.90 Å². The van der Waals surface area contributed by atoms with Crippen molar-refractivity contribution in [2.75, 3.05) is 11.9 Å². The van der Waals surface area contributed by atoms with E-state index in [-0.39, 0.29) is 19.1 Å². The summed E-state index contributed by atoms with van der Waals surface area (Å²) < 4.78 is 7.85. The minimum atomic E-state index is -0.464. The Morgan fingerprint density at radius 1 is 0.833 bits per heavy atom. The van der Waals surface area contributed by atoms with Gasteiger partial charge in [0.25, 0.3) is 0 Å². The number of aliphatic hydroxyl groups is 1. The zero-order chi connectivity index (χ0) is 24.5. The summed E-state index contributed by atoms with van der Waals surface area (Å²) in [5, 5.41) is 13.3.